The third kappa shape index (κ3) is 2.66. The fourth-order valence-electron chi connectivity index (χ4n) is 8.47. The van der Waals surface area contributed by atoms with E-state index in [0.29, 0.717) is 12.3 Å². The average Bonchev–Trinajstić information content (AvgIpc) is 3.50. The second kappa shape index (κ2) is 6.94. The van der Waals surface area contributed by atoms with Crippen LogP contribution in [-0.2, 0) is 4.74 Å². The molecule has 1 saturated carbocycles. The van der Waals surface area contributed by atoms with E-state index in [4.69, 9.17) is 9.15 Å². The van der Waals surface area contributed by atoms with Gasteiger partial charge in [0.2, 0.25) is 0 Å². The lowest BCUT2D eigenvalue weighted by Gasteiger charge is -2.56. The number of benzene rings is 1. The van der Waals surface area contributed by atoms with Crippen LogP contribution in [0.25, 0.3) is 16.7 Å². The summed E-state index contributed by atoms with van der Waals surface area (Å²) in [7, 11) is 3.96. The number of aromatic nitrogens is 1. The SMILES string of the molecule is CC1=C2C=C3C(O)C(O)C(N(C)C)CC34CCC2(O4)C2CC=C(c3ccc4ocnc4c3)C2(C)C1. The molecule has 2 spiro atoms. The van der Waals surface area contributed by atoms with Gasteiger partial charge in [0.15, 0.2) is 12.0 Å². The number of rotatable bonds is 2. The zero-order chi connectivity index (χ0) is 24.3. The normalized spacial score (nSPS) is 42.1. The van der Waals surface area contributed by atoms with Gasteiger partial charge in [-0.1, -0.05) is 30.7 Å². The average molecular weight is 475 g/mol. The monoisotopic (exact) mass is 474 g/mol. The standard InChI is InChI=1S/C29H34N2O4/c1-16-13-27(2)18(17-5-7-23-21(11-17)30-15-34-23)6-8-24(27)29-10-9-28(35-29)14-22(31(3)4)26(33)25(32)20(28)12-19(16)29/h5-7,11-12,15,22,24-26,32-33H,8-10,13-14H2,1-4H3. The summed E-state index contributed by atoms with van der Waals surface area (Å²) in [6.07, 6.45) is 8.93. The molecular formula is C29H34N2O4. The van der Waals surface area contributed by atoms with Gasteiger partial charge in [-0.3, -0.25) is 0 Å². The number of allylic oxidation sites excluding steroid dienone is 3. The lowest BCUT2D eigenvalue weighted by atomic mass is 9.56. The second-order valence-electron chi connectivity index (χ2n) is 12.0. The van der Waals surface area contributed by atoms with Gasteiger partial charge in [0.1, 0.15) is 11.6 Å². The highest BCUT2D eigenvalue weighted by molar-refractivity contribution is 5.82. The maximum atomic E-state index is 11.2. The van der Waals surface area contributed by atoms with Crippen molar-refractivity contribution in [1.29, 1.82) is 0 Å². The molecule has 0 amide bonds. The third-order valence-electron chi connectivity index (χ3n) is 10.0. The van der Waals surface area contributed by atoms with Crippen molar-refractivity contribution in [2.24, 2.45) is 11.3 Å². The minimum absolute atomic E-state index is 0.0460. The van der Waals surface area contributed by atoms with E-state index in [1.807, 2.05) is 25.1 Å². The summed E-state index contributed by atoms with van der Waals surface area (Å²) in [6, 6.07) is 6.21. The zero-order valence-corrected chi connectivity index (χ0v) is 20.9. The summed E-state index contributed by atoms with van der Waals surface area (Å²) >= 11 is 0. The van der Waals surface area contributed by atoms with E-state index in [-0.39, 0.29) is 17.1 Å². The smallest absolute Gasteiger partial charge is 0.181 e. The molecule has 5 aliphatic rings. The van der Waals surface area contributed by atoms with Crippen molar-refractivity contribution >= 4 is 16.7 Å². The lowest BCUT2D eigenvalue weighted by Crippen LogP contribution is -2.62. The first-order chi connectivity index (χ1) is 16.7. The quantitative estimate of drug-likeness (QED) is 0.678. The van der Waals surface area contributed by atoms with Crippen LogP contribution in [0.1, 0.15) is 51.5 Å². The van der Waals surface area contributed by atoms with Gasteiger partial charge < -0.3 is 24.3 Å². The molecule has 1 saturated heterocycles. The summed E-state index contributed by atoms with van der Waals surface area (Å²) in [6.45, 7) is 4.64. The Morgan fingerprint density at radius 2 is 2.00 bits per heavy atom. The van der Waals surface area contributed by atoms with Crippen molar-refractivity contribution in [2.45, 2.75) is 75.4 Å². The van der Waals surface area contributed by atoms with Gasteiger partial charge >= 0.3 is 0 Å². The molecular weight excluding hydrogens is 440 g/mol. The lowest BCUT2D eigenvalue weighted by molar-refractivity contribution is -0.162. The number of fused-ring (bicyclic) bond motifs is 2. The van der Waals surface area contributed by atoms with Crippen LogP contribution in [0, 0.1) is 11.3 Å². The Morgan fingerprint density at radius 3 is 2.80 bits per heavy atom. The molecule has 35 heavy (non-hydrogen) atoms. The van der Waals surface area contributed by atoms with E-state index in [2.05, 4.69) is 43.1 Å². The van der Waals surface area contributed by atoms with E-state index in [0.717, 1.165) is 42.4 Å². The Bertz CT molecular complexity index is 1340. The fourth-order valence-corrected chi connectivity index (χ4v) is 8.47. The molecule has 3 heterocycles. The molecule has 2 aromatic rings. The number of ether oxygens (including phenoxy) is 1. The summed E-state index contributed by atoms with van der Waals surface area (Å²) in [5.74, 6) is 0.329. The largest absolute Gasteiger partial charge is 0.443 e. The van der Waals surface area contributed by atoms with Crippen molar-refractivity contribution in [2.75, 3.05) is 14.1 Å². The first-order valence-electron chi connectivity index (χ1n) is 12.9. The molecule has 7 atom stereocenters. The van der Waals surface area contributed by atoms with Crippen LogP contribution < -0.4 is 0 Å². The van der Waals surface area contributed by atoms with E-state index >= 15 is 0 Å². The minimum atomic E-state index is -0.896. The molecule has 0 radical (unpaired) electrons. The topological polar surface area (TPSA) is 79.0 Å². The molecule has 2 fully saturated rings. The molecule has 7 unspecified atom stereocenters. The van der Waals surface area contributed by atoms with Crippen LogP contribution in [0.5, 0.6) is 0 Å². The second-order valence-corrected chi connectivity index (χ2v) is 12.0. The summed E-state index contributed by atoms with van der Waals surface area (Å²) < 4.78 is 12.8. The third-order valence-corrected chi connectivity index (χ3v) is 10.0. The fraction of sp³-hybridized carbons (Fsp3) is 0.552. The summed E-state index contributed by atoms with van der Waals surface area (Å²) in [4.78, 5) is 6.42. The number of nitrogens with zero attached hydrogens (tertiary/aromatic N) is 2. The van der Waals surface area contributed by atoms with Gasteiger partial charge in [-0.25, -0.2) is 4.98 Å². The summed E-state index contributed by atoms with van der Waals surface area (Å²) in [5.41, 5.74) is 6.87. The molecule has 1 aromatic heterocycles. The van der Waals surface area contributed by atoms with E-state index in [9.17, 15) is 10.2 Å². The number of aliphatic hydroxyl groups is 2. The van der Waals surface area contributed by atoms with Crippen molar-refractivity contribution in [3.8, 4) is 0 Å². The van der Waals surface area contributed by atoms with Crippen LogP contribution >= 0.6 is 0 Å². The van der Waals surface area contributed by atoms with E-state index in [1.165, 1.54) is 28.7 Å². The molecule has 3 aliphatic carbocycles. The predicted octanol–water partition coefficient (Wildman–Crippen LogP) is 4.24. The first kappa shape index (κ1) is 22.0. The van der Waals surface area contributed by atoms with Crippen LogP contribution in [0.3, 0.4) is 0 Å². The molecule has 6 heteroatoms. The van der Waals surface area contributed by atoms with Crippen LogP contribution in [0.15, 0.2) is 57.9 Å². The van der Waals surface area contributed by atoms with Crippen LogP contribution in [0.2, 0.25) is 0 Å². The van der Waals surface area contributed by atoms with Gasteiger partial charge in [0.05, 0.1) is 17.3 Å². The number of hydrogen-bond acceptors (Lipinski definition) is 6. The Kier molecular flexibility index (Phi) is 4.36. The van der Waals surface area contributed by atoms with Crippen LogP contribution in [-0.4, -0.2) is 63.6 Å². The number of likely N-dealkylation sites (N-methyl/N-ethyl adjacent to an activating group) is 1. The Labute approximate surface area is 206 Å². The Morgan fingerprint density at radius 1 is 1.17 bits per heavy atom. The number of aliphatic hydroxyl groups excluding tert-OH is 2. The Balaban J connectivity index is 1.34. The van der Waals surface area contributed by atoms with Gasteiger partial charge in [0, 0.05) is 17.4 Å². The van der Waals surface area contributed by atoms with E-state index < -0.39 is 17.8 Å². The molecule has 2 aliphatic heterocycles. The van der Waals surface area contributed by atoms with Gasteiger partial charge in [-0.05, 0) is 87.5 Å². The zero-order valence-electron chi connectivity index (χ0n) is 20.9. The first-order valence-corrected chi connectivity index (χ1v) is 12.9. The van der Waals surface area contributed by atoms with Gasteiger partial charge in [-0.15, -0.1) is 0 Å². The molecule has 7 rings (SSSR count). The number of oxazole rings is 1. The molecule has 2 N–H and O–H groups in total. The molecule has 2 bridgehead atoms. The van der Waals surface area contributed by atoms with E-state index in [1.54, 1.807) is 0 Å². The predicted molar refractivity (Wildman–Crippen MR) is 133 cm³/mol. The van der Waals surface area contributed by atoms with Crippen molar-refractivity contribution in [3.63, 3.8) is 0 Å². The van der Waals surface area contributed by atoms with Crippen molar-refractivity contribution in [3.05, 3.63) is 59.0 Å². The number of hydrogen-bond donors (Lipinski definition) is 2. The minimum Gasteiger partial charge on any atom is -0.443 e. The Hall–Kier alpha value is -2.25. The van der Waals surface area contributed by atoms with Crippen molar-refractivity contribution < 1.29 is 19.4 Å². The molecule has 184 valence electrons. The molecule has 6 nitrogen and oxygen atoms in total. The highest BCUT2D eigenvalue weighted by Gasteiger charge is 2.68. The summed E-state index contributed by atoms with van der Waals surface area (Å²) in [5, 5.41) is 22.1. The van der Waals surface area contributed by atoms with Crippen molar-refractivity contribution in [1.82, 2.24) is 9.88 Å². The highest BCUT2D eigenvalue weighted by atomic mass is 16.5. The highest BCUT2D eigenvalue weighted by Crippen LogP contribution is 2.69. The van der Waals surface area contributed by atoms with Gasteiger partial charge in [0.25, 0.3) is 0 Å². The van der Waals surface area contributed by atoms with Crippen LogP contribution in [0.4, 0.5) is 0 Å². The molecule has 1 aromatic carbocycles. The maximum absolute atomic E-state index is 11.2. The maximum Gasteiger partial charge on any atom is 0.181 e. The van der Waals surface area contributed by atoms with Gasteiger partial charge in [-0.2, -0.15) is 0 Å².